The molecule has 0 aliphatic rings. The molecule has 0 unspecified atom stereocenters. The van der Waals surface area contributed by atoms with Crippen LogP contribution in [0.5, 0.6) is 0 Å². The number of carboxylic acid groups (broad SMARTS) is 1. The summed E-state index contributed by atoms with van der Waals surface area (Å²) in [6.07, 6.45) is -0.0730. The number of nitrogens with two attached hydrogens (primary N) is 1. The fourth-order valence-corrected chi connectivity index (χ4v) is 1.80. The second-order valence-electron chi connectivity index (χ2n) is 4.50. The fourth-order valence-electron chi connectivity index (χ4n) is 1.80. The first-order chi connectivity index (χ1) is 8.77. The fraction of sp³-hybridized carbons (Fsp3) is 0.417. The topological polar surface area (TPSA) is 106 Å². The maximum atomic E-state index is 13.6. The quantitative estimate of drug-likeness (QED) is 0.606. The monoisotopic (exact) mass is 270 g/mol. The van der Waals surface area contributed by atoms with Gasteiger partial charge in [0.25, 0.3) is 5.69 Å². The molecule has 0 spiro atoms. The normalized spacial score (nSPS) is 13.8. The first kappa shape index (κ1) is 15.0. The van der Waals surface area contributed by atoms with E-state index in [-0.39, 0.29) is 24.1 Å². The minimum Gasteiger partial charge on any atom is -0.481 e. The number of benzene rings is 1. The summed E-state index contributed by atoms with van der Waals surface area (Å²) < 4.78 is 13.6. The summed E-state index contributed by atoms with van der Waals surface area (Å²) in [5.74, 6) is -1.71. The highest BCUT2D eigenvalue weighted by molar-refractivity contribution is 5.68. The van der Waals surface area contributed by atoms with E-state index < -0.39 is 22.2 Å². The van der Waals surface area contributed by atoms with Gasteiger partial charge in [0.2, 0.25) is 0 Å². The summed E-state index contributed by atoms with van der Waals surface area (Å²) in [7, 11) is 0. The van der Waals surface area contributed by atoms with Crippen LogP contribution in [0.2, 0.25) is 0 Å². The molecule has 0 aromatic heterocycles. The molecule has 0 amide bonds. The van der Waals surface area contributed by atoms with Crippen LogP contribution in [0, 0.1) is 15.9 Å². The van der Waals surface area contributed by atoms with Crippen molar-refractivity contribution < 1.29 is 19.2 Å². The first-order valence-corrected chi connectivity index (χ1v) is 5.71. The van der Waals surface area contributed by atoms with Crippen LogP contribution in [0.4, 0.5) is 10.1 Å². The predicted molar refractivity (Wildman–Crippen MR) is 66.2 cm³/mol. The lowest BCUT2D eigenvalue weighted by molar-refractivity contribution is -0.385. The molecule has 3 N–H and O–H groups in total. The van der Waals surface area contributed by atoms with Gasteiger partial charge < -0.3 is 10.8 Å². The summed E-state index contributed by atoms with van der Waals surface area (Å²) in [4.78, 5) is 20.7. The van der Waals surface area contributed by atoms with Gasteiger partial charge >= 0.3 is 5.97 Å². The lowest BCUT2D eigenvalue weighted by atomic mass is 9.86. The van der Waals surface area contributed by atoms with Crippen molar-refractivity contribution in [3.63, 3.8) is 0 Å². The Balaban J connectivity index is 3.05. The summed E-state index contributed by atoms with van der Waals surface area (Å²) in [6.45, 7) is 1.69. The molecule has 0 fully saturated rings. The molecule has 0 radical (unpaired) electrons. The molecule has 0 saturated carbocycles. The third-order valence-electron chi connectivity index (χ3n) is 2.99. The van der Waals surface area contributed by atoms with E-state index in [9.17, 15) is 19.3 Å². The molecule has 0 aliphatic heterocycles. The zero-order chi connectivity index (χ0) is 14.6. The van der Waals surface area contributed by atoms with Crippen molar-refractivity contribution in [1.82, 2.24) is 0 Å². The molecule has 0 heterocycles. The van der Waals surface area contributed by atoms with Gasteiger partial charge in [-0.05, 0) is 24.5 Å². The van der Waals surface area contributed by atoms with Gasteiger partial charge in [-0.15, -0.1) is 0 Å². The molecular weight excluding hydrogens is 255 g/mol. The smallest absolute Gasteiger partial charge is 0.305 e. The van der Waals surface area contributed by atoms with Crippen molar-refractivity contribution in [1.29, 1.82) is 0 Å². The highest BCUT2D eigenvalue weighted by Crippen LogP contribution is 2.24. The Hall–Kier alpha value is -2.02. The number of nitrogens with zero attached hydrogens (tertiary/aromatic N) is 1. The van der Waals surface area contributed by atoms with E-state index in [1.807, 2.05) is 0 Å². The largest absolute Gasteiger partial charge is 0.481 e. The van der Waals surface area contributed by atoms with E-state index in [1.54, 1.807) is 6.92 Å². The van der Waals surface area contributed by atoms with E-state index in [1.165, 1.54) is 0 Å². The Labute approximate surface area is 109 Å². The number of carboxylic acids is 1. The van der Waals surface area contributed by atoms with Crippen molar-refractivity contribution >= 4 is 11.7 Å². The molecule has 104 valence electrons. The average Bonchev–Trinajstić information content (AvgIpc) is 2.30. The number of nitro groups is 1. The third kappa shape index (κ3) is 3.99. The molecule has 0 aliphatic carbocycles. The lowest BCUT2D eigenvalue weighted by Gasteiger charge is -2.26. The maximum Gasteiger partial charge on any atom is 0.305 e. The van der Waals surface area contributed by atoms with Crippen molar-refractivity contribution in [2.45, 2.75) is 31.7 Å². The van der Waals surface area contributed by atoms with Crippen LogP contribution in [0.25, 0.3) is 0 Å². The Morgan fingerprint density at radius 2 is 2.21 bits per heavy atom. The third-order valence-corrected chi connectivity index (χ3v) is 2.99. The maximum absolute atomic E-state index is 13.6. The second kappa shape index (κ2) is 5.75. The van der Waals surface area contributed by atoms with E-state index in [2.05, 4.69) is 0 Å². The van der Waals surface area contributed by atoms with Gasteiger partial charge in [0.05, 0.1) is 11.3 Å². The van der Waals surface area contributed by atoms with E-state index in [4.69, 9.17) is 10.8 Å². The Morgan fingerprint density at radius 1 is 1.58 bits per heavy atom. The van der Waals surface area contributed by atoms with Gasteiger partial charge in [0.1, 0.15) is 5.82 Å². The highest BCUT2D eigenvalue weighted by atomic mass is 19.1. The number of halogens is 1. The van der Waals surface area contributed by atoms with Crippen molar-refractivity contribution in [2.75, 3.05) is 0 Å². The molecule has 0 saturated heterocycles. The minimum absolute atomic E-state index is 0.0554. The van der Waals surface area contributed by atoms with Crippen molar-refractivity contribution in [3.05, 3.63) is 39.7 Å². The lowest BCUT2D eigenvalue weighted by Crippen LogP contribution is -2.43. The molecule has 7 heteroatoms. The predicted octanol–water partition coefficient (Wildman–Crippen LogP) is 1.86. The molecule has 1 rings (SSSR count). The summed E-state index contributed by atoms with van der Waals surface area (Å²) >= 11 is 0. The Bertz CT molecular complexity index is 507. The zero-order valence-electron chi connectivity index (χ0n) is 10.4. The number of non-ortho nitro benzene ring substituents is 1. The minimum atomic E-state index is -1.12. The number of rotatable bonds is 6. The summed E-state index contributed by atoms with van der Waals surface area (Å²) in [5, 5.41) is 19.4. The number of aliphatic carboxylic acids is 1. The number of hydrogen-bond donors (Lipinski definition) is 2. The second-order valence-corrected chi connectivity index (χ2v) is 4.50. The highest BCUT2D eigenvalue weighted by Gasteiger charge is 2.28. The van der Waals surface area contributed by atoms with Crippen LogP contribution in [0.1, 0.15) is 25.3 Å². The van der Waals surface area contributed by atoms with Crippen LogP contribution in [0.3, 0.4) is 0 Å². The average molecular weight is 270 g/mol. The number of hydrogen-bond acceptors (Lipinski definition) is 4. The Kier molecular flexibility index (Phi) is 4.55. The van der Waals surface area contributed by atoms with Crippen molar-refractivity contribution in [3.8, 4) is 0 Å². The molecule has 1 aromatic rings. The van der Waals surface area contributed by atoms with E-state index >= 15 is 0 Å². The van der Waals surface area contributed by atoms with Gasteiger partial charge in [0, 0.05) is 17.7 Å². The van der Waals surface area contributed by atoms with Gasteiger partial charge in [-0.2, -0.15) is 0 Å². The van der Waals surface area contributed by atoms with Crippen LogP contribution in [-0.2, 0) is 11.2 Å². The molecule has 19 heavy (non-hydrogen) atoms. The van der Waals surface area contributed by atoms with E-state index in [0.717, 1.165) is 18.2 Å². The zero-order valence-corrected chi connectivity index (χ0v) is 10.4. The summed E-state index contributed by atoms with van der Waals surface area (Å²) in [5.41, 5.74) is 4.60. The van der Waals surface area contributed by atoms with Gasteiger partial charge in [0.15, 0.2) is 0 Å². The van der Waals surface area contributed by atoms with E-state index in [0.29, 0.717) is 6.42 Å². The molecule has 1 atom stereocenters. The van der Waals surface area contributed by atoms with Gasteiger partial charge in [-0.1, -0.05) is 6.92 Å². The number of nitro benzene ring substituents is 1. The molecule has 0 bridgehead atoms. The van der Waals surface area contributed by atoms with Crippen LogP contribution >= 0.6 is 0 Å². The number of carbonyl (C=O) groups is 1. The van der Waals surface area contributed by atoms with Crippen molar-refractivity contribution in [2.24, 2.45) is 5.73 Å². The molecule has 1 aromatic carbocycles. The summed E-state index contributed by atoms with van der Waals surface area (Å²) in [6, 6.07) is 3.14. The first-order valence-electron chi connectivity index (χ1n) is 5.71. The van der Waals surface area contributed by atoms with Crippen LogP contribution < -0.4 is 5.73 Å². The SMILES string of the molecule is CC[C@@](N)(CC(=O)O)Cc1cc([N+](=O)[O-])ccc1F. The van der Waals surface area contributed by atoms with Crippen LogP contribution in [0.15, 0.2) is 18.2 Å². The molecular formula is C12H15FN2O4. The Morgan fingerprint density at radius 3 is 2.68 bits per heavy atom. The van der Waals surface area contributed by atoms with Gasteiger partial charge in [-0.3, -0.25) is 14.9 Å². The van der Waals surface area contributed by atoms with Gasteiger partial charge in [-0.25, -0.2) is 4.39 Å². The van der Waals surface area contributed by atoms with Crippen LogP contribution in [-0.4, -0.2) is 21.5 Å². The molecule has 6 nitrogen and oxygen atoms in total. The standard InChI is InChI=1S/C12H15FN2O4/c1-2-12(14,7-11(16)17)6-8-5-9(15(18)19)3-4-10(8)13/h3-5H,2,6-7,14H2,1H3,(H,16,17)/t12-/m0/s1.